The molecule has 2 aromatic rings. The van der Waals surface area contributed by atoms with Gasteiger partial charge in [0.25, 0.3) is 0 Å². The van der Waals surface area contributed by atoms with Gasteiger partial charge in [0, 0.05) is 18.3 Å². The number of nitrogens with zero attached hydrogens (tertiary/aromatic N) is 2. The molecule has 0 radical (unpaired) electrons. The second kappa shape index (κ2) is 6.43. The Hall–Kier alpha value is -2.31. The van der Waals surface area contributed by atoms with Crippen LogP contribution in [0.3, 0.4) is 0 Å². The van der Waals surface area contributed by atoms with Gasteiger partial charge in [-0.3, -0.25) is 0 Å². The summed E-state index contributed by atoms with van der Waals surface area (Å²) in [4.78, 5) is 7.02. The van der Waals surface area contributed by atoms with Crippen molar-refractivity contribution < 1.29 is 13.2 Å². The third-order valence-corrected chi connectivity index (χ3v) is 2.58. The van der Waals surface area contributed by atoms with Crippen LogP contribution in [0.5, 0.6) is 0 Å². The minimum atomic E-state index is -4.59. The molecule has 0 unspecified atom stereocenters. The van der Waals surface area contributed by atoms with Crippen molar-refractivity contribution in [1.82, 2.24) is 9.97 Å². The van der Waals surface area contributed by atoms with Crippen molar-refractivity contribution in [2.24, 2.45) is 0 Å². The zero-order chi connectivity index (χ0) is 15.3. The SMILES string of the molecule is CCCNc1cc(Nc2ccccc2)nc(C(F)(F)F)n1. The van der Waals surface area contributed by atoms with Crippen molar-refractivity contribution in [1.29, 1.82) is 0 Å². The molecule has 2 N–H and O–H groups in total. The molecule has 0 spiro atoms. The van der Waals surface area contributed by atoms with Crippen LogP contribution in [0.2, 0.25) is 0 Å². The van der Waals surface area contributed by atoms with Gasteiger partial charge in [0.2, 0.25) is 5.82 Å². The summed E-state index contributed by atoms with van der Waals surface area (Å²) in [6.45, 7) is 2.46. The van der Waals surface area contributed by atoms with E-state index in [9.17, 15) is 13.2 Å². The minimum Gasteiger partial charge on any atom is -0.370 e. The number of benzene rings is 1. The Balaban J connectivity index is 2.30. The summed E-state index contributed by atoms with van der Waals surface area (Å²) >= 11 is 0. The highest BCUT2D eigenvalue weighted by Crippen LogP contribution is 2.29. The molecule has 0 bridgehead atoms. The van der Waals surface area contributed by atoms with E-state index in [-0.39, 0.29) is 11.6 Å². The highest BCUT2D eigenvalue weighted by atomic mass is 19.4. The van der Waals surface area contributed by atoms with Crippen LogP contribution in [-0.2, 0) is 6.18 Å². The predicted molar refractivity (Wildman–Crippen MR) is 75.5 cm³/mol. The van der Waals surface area contributed by atoms with E-state index in [0.717, 1.165) is 6.42 Å². The molecule has 1 aromatic heterocycles. The van der Waals surface area contributed by atoms with E-state index in [1.807, 2.05) is 13.0 Å². The highest BCUT2D eigenvalue weighted by Gasteiger charge is 2.35. The maximum absolute atomic E-state index is 12.8. The number of rotatable bonds is 5. The van der Waals surface area contributed by atoms with Gasteiger partial charge in [0.15, 0.2) is 0 Å². The number of hydrogen-bond acceptors (Lipinski definition) is 4. The monoisotopic (exact) mass is 296 g/mol. The topological polar surface area (TPSA) is 49.8 Å². The molecule has 0 saturated carbocycles. The largest absolute Gasteiger partial charge is 0.451 e. The second-order valence-corrected chi connectivity index (χ2v) is 4.38. The van der Waals surface area contributed by atoms with Gasteiger partial charge in [-0.25, -0.2) is 9.97 Å². The zero-order valence-electron chi connectivity index (χ0n) is 11.4. The van der Waals surface area contributed by atoms with E-state index in [0.29, 0.717) is 12.2 Å². The standard InChI is InChI=1S/C14H15F3N4/c1-2-8-18-11-9-12(19-10-6-4-3-5-7-10)21-13(20-11)14(15,16)17/h3-7,9H,2,8H2,1H3,(H2,18,19,20,21). The van der Waals surface area contributed by atoms with E-state index < -0.39 is 12.0 Å². The number of para-hydroxylation sites is 1. The van der Waals surface area contributed by atoms with Crippen molar-refractivity contribution in [3.63, 3.8) is 0 Å². The molecule has 0 saturated heterocycles. The summed E-state index contributed by atoms with van der Waals surface area (Å²) in [5, 5.41) is 5.68. The Labute approximate surface area is 120 Å². The van der Waals surface area contributed by atoms with E-state index in [1.54, 1.807) is 24.3 Å². The molecule has 21 heavy (non-hydrogen) atoms. The van der Waals surface area contributed by atoms with Crippen LogP contribution in [0.15, 0.2) is 36.4 Å². The average molecular weight is 296 g/mol. The van der Waals surface area contributed by atoms with Gasteiger partial charge in [-0.05, 0) is 18.6 Å². The molecule has 0 fully saturated rings. The number of halogens is 3. The van der Waals surface area contributed by atoms with Crippen LogP contribution in [-0.4, -0.2) is 16.5 Å². The Morgan fingerprint density at radius 2 is 1.71 bits per heavy atom. The summed E-state index contributed by atoms with van der Waals surface area (Å²) in [6, 6.07) is 10.3. The van der Waals surface area contributed by atoms with E-state index in [2.05, 4.69) is 20.6 Å². The van der Waals surface area contributed by atoms with Crippen molar-refractivity contribution in [2.45, 2.75) is 19.5 Å². The first-order chi connectivity index (χ1) is 9.99. The summed E-state index contributed by atoms with van der Waals surface area (Å²) in [5.41, 5.74) is 0.658. The molecule has 0 amide bonds. The first kappa shape index (κ1) is 15.1. The fourth-order valence-electron chi connectivity index (χ4n) is 1.65. The molecule has 0 aliphatic rings. The van der Waals surface area contributed by atoms with Crippen molar-refractivity contribution in [3.8, 4) is 0 Å². The maximum atomic E-state index is 12.8. The molecule has 1 heterocycles. The molecule has 0 aliphatic heterocycles. The predicted octanol–water partition coefficient (Wildman–Crippen LogP) is 4.06. The first-order valence-corrected chi connectivity index (χ1v) is 6.51. The first-order valence-electron chi connectivity index (χ1n) is 6.51. The molecule has 1 aromatic carbocycles. The fourth-order valence-corrected chi connectivity index (χ4v) is 1.65. The van der Waals surface area contributed by atoms with Gasteiger partial charge in [-0.1, -0.05) is 25.1 Å². The fraction of sp³-hybridized carbons (Fsp3) is 0.286. The lowest BCUT2D eigenvalue weighted by Gasteiger charge is -2.12. The van der Waals surface area contributed by atoms with Crippen molar-refractivity contribution in [3.05, 3.63) is 42.2 Å². The average Bonchev–Trinajstić information content (AvgIpc) is 2.45. The number of anilines is 3. The summed E-state index contributed by atoms with van der Waals surface area (Å²) in [5.74, 6) is -0.915. The number of hydrogen-bond donors (Lipinski definition) is 2. The molecule has 0 atom stereocenters. The molecule has 2 rings (SSSR count). The quantitative estimate of drug-likeness (QED) is 0.873. The van der Waals surface area contributed by atoms with Crippen LogP contribution in [0.25, 0.3) is 0 Å². The van der Waals surface area contributed by atoms with Gasteiger partial charge in [-0.2, -0.15) is 13.2 Å². The van der Waals surface area contributed by atoms with Gasteiger partial charge in [-0.15, -0.1) is 0 Å². The van der Waals surface area contributed by atoms with Gasteiger partial charge in [0.1, 0.15) is 11.6 Å². The zero-order valence-corrected chi connectivity index (χ0v) is 11.4. The molecular weight excluding hydrogens is 281 g/mol. The highest BCUT2D eigenvalue weighted by molar-refractivity contribution is 5.59. The summed E-state index contributed by atoms with van der Waals surface area (Å²) in [6.07, 6.45) is -3.80. The number of alkyl halides is 3. The van der Waals surface area contributed by atoms with Crippen LogP contribution < -0.4 is 10.6 Å². The van der Waals surface area contributed by atoms with Gasteiger partial charge in [0.05, 0.1) is 0 Å². The van der Waals surface area contributed by atoms with Crippen LogP contribution in [0.4, 0.5) is 30.5 Å². The van der Waals surface area contributed by atoms with Gasteiger partial charge >= 0.3 is 6.18 Å². The second-order valence-electron chi connectivity index (χ2n) is 4.38. The Bertz CT molecular complexity index is 585. The van der Waals surface area contributed by atoms with Crippen molar-refractivity contribution >= 4 is 17.3 Å². The smallest absolute Gasteiger partial charge is 0.370 e. The Morgan fingerprint density at radius 1 is 1.05 bits per heavy atom. The lowest BCUT2D eigenvalue weighted by molar-refractivity contribution is -0.144. The molecule has 112 valence electrons. The molecule has 0 aliphatic carbocycles. The molecular formula is C14H15F3N4. The molecule has 4 nitrogen and oxygen atoms in total. The summed E-state index contributed by atoms with van der Waals surface area (Å²) in [7, 11) is 0. The third kappa shape index (κ3) is 4.34. The van der Waals surface area contributed by atoms with E-state index >= 15 is 0 Å². The lowest BCUT2D eigenvalue weighted by atomic mass is 10.3. The van der Waals surface area contributed by atoms with Crippen LogP contribution >= 0.6 is 0 Å². The lowest BCUT2D eigenvalue weighted by Crippen LogP contribution is -2.14. The minimum absolute atomic E-state index is 0.0992. The Morgan fingerprint density at radius 3 is 2.33 bits per heavy atom. The normalized spacial score (nSPS) is 11.2. The maximum Gasteiger partial charge on any atom is 0.451 e. The van der Waals surface area contributed by atoms with E-state index in [1.165, 1.54) is 6.07 Å². The number of nitrogens with one attached hydrogen (secondary N) is 2. The van der Waals surface area contributed by atoms with Crippen LogP contribution in [0, 0.1) is 0 Å². The third-order valence-electron chi connectivity index (χ3n) is 2.58. The Kier molecular flexibility index (Phi) is 4.62. The molecule has 7 heteroatoms. The van der Waals surface area contributed by atoms with Crippen LogP contribution in [0.1, 0.15) is 19.2 Å². The van der Waals surface area contributed by atoms with Gasteiger partial charge < -0.3 is 10.6 Å². The summed E-state index contributed by atoms with van der Waals surface area (Å²) < 4.78 is 38.5. The van der Waals surface area contributed by atoms with E-state index in [4.69, 9.17) is 0 Å². The van der Waals surface area contributed by atoms with Crippen molar-refractivity contribution in [2.75, 3.05) is 17.2 Å². The number of aromatic nitrogens is 2.